The molecule has 0 bridgehead atoms. The lowest BCUT2D eigenvalue weighted by Crippen LogP contribution is -2.38. The van der Waals surface area contributed by atoms with E-state index in [1.165, 1.54) is 12.5 Å². The summed E-state index contributed by atoms with van der Waals surface area (Å²) in [5.74, 6) is -0.133. The van der Waals surface area contributed by atoms with Gasteiger partial charge in [-0.2, -0.15) is 0 Å². The lowest BCUT2D eigenvalue weighted by Gasteiger charge is -2.21. The Bertz CT molecular complexity index is 701. The first kappa shape index (κ1) is 18.8. The molecule has 0 radical (unpaired) electrons. The van der Waals surface area contributed by atoms with E-state index in [9.17, 15) is 9.59 Å². The maximum Gasteiger partial charge on any atom is 0.238 e. The van der Waals surface area contributed by atoms with Gasteiger partial charge in [0, 0.05) is 30.9 Å². The number of hydrogen-bond donors (Lipinski definition) is 2. The van der Waals surface area contributed by atoms with Crippen molar-refractivity contribution >= 4 is 17.4 Å². The van der Waals surface area contributed by atoms with Gasteiger partial charge in [0.15, 0.2) is 5.78 Å². The third kappa shape index (κ3) is 6.49. The maximum absolute atomic E-state index is 12.3. The molecule has 2 aromatic rings. The van der Waals surface area contributed by atoms with E-state index in [0.717, 1.165) is 13.0 Å². The maximum atomic E-state index is 12.3. The topological polar surface area (TPSA) is 75.4 Å². The molecule has 2 rings (SSSR count). The van der Waals surface area contributed by atoms with Crippen LogP contribution in [0.5, 0.6) is 0 Å². The standard InChI is InChI=1S/C20H25N3O2/c1-16(24)18-8-5-9-19(14-18)22-20(25)15-23(13-11-21)12-10-17-6-3-2-4-7-17/h2-9,14H,10-13,15,21H2,1H3,(H,22,25). The van der Waals surface area contributed by atoms with Crippen LogP contribution in [0.25, 0.3) is 0 Å². The minimum Gasteiger partial charge on any atom is -0.329 e. The Morgan fingerprint density at radius 1 is 1.04 bits per heavy atom. The molecule has 0 saturated carbocycles. The SMILES string of the molecule is CC(=O)c1cccc(NC(=O)CN(CCN)CCc2ccccc2)c1. The highest BCUT2D eigenvalue weighted by atomic mass is 16.2. The van der Waals surface area contributed by atoms with Crippen LogP contribution in [-0.4, -0.2) is 42.8 Å². The van der Waals surface area contributed by atoms with Crippen LogP contribution in [0, 0.1) is 0 Å². The number of nitrogens with zero attached hydrogens (tertiary/aromatic N) is 1. The minimum atomic E-state index is -0.109. The van der Waals surface area contributed by atoms with Crippen LogP contribution in [0.3, 0.4) is 0 Å². The van der Waals surface area contributed by atoms with Crippen molar-refractivity contribution in [3.8, 4) is 0 Å². The highest BCUT2D eigenvalue weighted by Gasteiger charge is 2.11. The zero-order valence-electron chi connectivity index (χ0n) is 14.6. The Morgan fingerprint density at radius 2 is 1.80 bits per heavy atom. The summed E-state index contributed by atoms with van der Waals surface area (Å²) in [4.78, 5) is 25.8. The van der Waals surface area contributed by atoms with Crippen LogP contribution in [0.1, 0.15) is 22.8 Å². The Balaban J connectivity index is 1.90. The van der Waals surface area contributed by atoms with E-state index in [1.54, 1.807) is 24.3 Å². The fourth-order valence-corrected chi connectivity index (χ4v) is 2.60. The predicted octanol–water partition coefficient (Wildman–Crippen LogP) is 2.33. The normalized spacial score (nSPS) is 10.7. The number of Topliss-reactive ketones (excluding diaryl/α,β-unsaturated/α-hetero) is 1. The van der Waals surface area contributed by atoms with Gasteiger partial charge in [-0.1, -0.05) is 42.5 Å². The number of ketones is 1. The summed E-state index contributed by atoms with van der Waals surface area (Å²) in [7, 11) is 0. The Kier molecular flexibility index (Phi) is 7.32. The number of nitrogens with one attached hydrogen (secondary N) is 1. The lowest BCUT2D eigenvalue weighted by atomic mass is 10.1. The smallest absolute Gasteiger partial charge is 0.238 e. The highest BCUT2D eigenvalue weighted by molar-refractivity contribution is 5.97. The van der Waals surface area contributed by atoms with Crippen molar-refractivity contribution in [3.63, 3.8) is 0 Å². The Hall–Kier alpha value is -2.50. The second-order valence-electron chi connectivity index (χ2n) is 5.99. The molecular formula is C20H25N3O2. The molecule has 0 aromatic heterocycles. The first-order valence-electron chi connectivity index (χ1n) is 8.45. The van der Waals surface area contributed by atoms with Crippen molar-refractivity contribution in [1.82, 2.24) is 4.90 Å². The van der Waals surface area contributed by atoms with Crippen LogP contribution < -0.4 is 11.1 Å². The molecule has 132 valence electrons. The average Bonchev–Trinajstić information content (AvgIpc) is 2.61. The molecule has 0 aliphatic heterocycles. The number of anilines is 1. The summed E-state index contributed by atoms with van der Waals surface area (Å²) in [5, 5.41) is 2.85. The molecule has 3 N–H and O–H groups in total. The van der Waals surface area contributed by atoms with Gasteiger partial charge in [-0.15, -0.1) is 0 Å². The average molecular weight is 339 g/mol. The molecule has 0 atom stereocenters. The van der Waals surface area contributed by atoms with Crippen LogP contribution >= 0.6 is 0 Å². The summed E-state index contributed by atoms with van der Waals surface area (Å²) < 4.78 is 0. The molecule has 0 unspecified atom stereocenters. The quantitative estimate of drug-likeness (QED) is 0.688. The number of nitrogens with two attached hydrogens (primary N) is 1. The van der Waals surface area contributed by atoms with Crippen molar-refractivity contribution < 1.29 is 9.59 Å². The number of hydrogen-bond acceptors (Lipinski definition) is 4. The number of carbonyl (C=O) groups is 2. The van der Waals surface area contributed by atoms with E-state index in [2.05, 4.69) is 17.4 Å². The van der Waals surface area contributed by atoms with Gasteiger partial charge in [0.05, 0.1) is 6.54 Å². The van der Waals surface area contributed by atoms with E-state index in [4.69, 9.17) is 5.73 Å². The third-order valence-corrected chi connectivity index (χ3v) is 3.92. The van der Waals surface area contributed by atoms with Gasteiger partial charge < -0.3 is 11.1 Å². The summed E-state index contributed by atoms with van der Waals surface area (Å²) in [6.07, 6.45) is 0.869. The molecule has 0 saturated heterocycles. The molecular weight excluding hydrogens is 314 g/mol. The number of carbonyl (C=O) groups excluding carboxylic acids is 2. The second-order valence-corrected chi connectivity index (χ2v) is 5.99. The predicted molar refractivity (Wildman–Crippen MR) is 101 cm³/mol. The van der Waals surface area contributed by atoms with Crippen molar-refractivity contribution in [1.29, 1.82) is 0 Å². The van der Waals surface area contributed by atoms with Gasteiger partial charge >= 0.3 is 0 Å². The van der Waals surface area contributed by atoms with E-state index in [-0.39, 0.29) is 18.2 Å². The Labute approximate surface area is 148 Å². The number of rotatable bonds is 9. The summed E-state index contributed by atoms with van der Waals surface area (Å²) in [6.45, 7) is 3.71. The number of benzene rings is 2. The molecule has 2 aromatic carbocycles. The van der Waals surface area contributed by atoms with Crippen molar-refractivity contribution in [3.05, 3.63) is 65.7 Å². The first-order valence-corrected chi connectivity index (χ1v) is 8.45. The van der Waals surface area contributed by atoms with Gasteiger partial charge in [0.25, 0.3) is 0 Å². The van der Waals surface area contributed by atoms with Crippen LogP contribution in [-0.2, 0) is 11.2 Å². The minimum absolute atomic E-state index is 0.0243. The van der Waals surface area contributed by atoms with Crippen molar-refractivity contribution in [2.24, 2.45) is 5.73 Å². The molecule has 25 heavy (non-hydrogen) atoms. The van der Waals surface area contributed by atoms with Crippen LogP contribution in [0.2, 0.25) is 0 Å². The summed E-state index contributed by atoms with van der Waals surface area (Å²) in [5.41, 5.74) is 8.12. The summed E-state index contributed by atoms with van der Waals surface area (Å²) in [6, 6.07) is 17.1. The highest BCUT2D eigenvalue weighted by Crippen LogP contribution is 2.11. The van der Waals surface area contributed by atoms with E-state index in [0.29, 0.717) is 24.3 Å². The Morgan fingerprint density at radius 3 is 2.48 bits per heavy atom. The lowest BCUT2D eigenvalue weighted by molar-refractivity contribution is -0.117. The fourth-order valence-electron chi connectivity index (χ4n) is 2.60. The van der Waals surface area contributed by atoms with Gasteiger partial charge in [-0.05, 0) is 31.0 Å². The molecule has 0 aliphatic rings. The molecule has 5 heteroatoms. The summed E-state index contributed by atoms with van der Waals surface area (Å²) >= 11 is 0. The molecule has 0 aliphatic carbocycles. The molecule has 5 nitrogen and oxygen atoms in total. The van der Waals surface area contributed by atoms with Crippen LogP contribution in [0.4, 0.5) is 5.69 Å². The fraction of sp³-hybridized carbons (Fsp3) is 0.300. The molecule has 0 fully saturated rings. The second kappa shape index (κ2) is 9.71. The van der Waals surface area contributed by atoms with E-state index in [1.807, 2.05) is 23.1 Å². The number of amides is 1. The largest absolute Gasteiger partial charge is 0.329 e. The first-order chi connectivity index (χ1) is 12.1. The van der Waals surface area contributed by atoms with Gasteiger partial charge in [0.1, 0.15) is 0 Å². The molecule has 0 spiro atoms. The monoisotopic (exact) mass is 339 g/mol. The van der Waals surface area contributed by atoms with Gasteiger partial charge in [0.2, 0.25) is 5.91 Å². The van der Waals surface area contributed by atoms with Crippen molar-refractivity contribution in [2.75, 3.05) is 31.5 Å². The molecule has 1 amide bonds. The van der Waals surface area contributed by atoms with Gasteiger partial charge in [-0.3, -0.25) is 14.5 Å². The van der Waals surface area contributed by atoms with Crippen LogP contribution in [0.15, 0.2) is 54.6 Å². The van der Waals surface area contributed by atoms with Crippen molar-refractivity contribution in [2.45, 2.75) is 13.3 Å². The third-order valence-electron chi connectivity index (χ3n) is 3.92. The van der Waals surface area contributed by atoms with E-state index < -0.39 is 0 Å². The zero-order valence-corrected chi connectivity index (χ0v) is 14.6. The van der Waals surface area contributed by atoms with E-state index >= 15 is 0 Å². The zero-order chi connectivity index (χ0) is 18.1. The molecule has 0 heterocycles. The van der Waals surface area contributed by atoms with Gasteiger partial charge in [-0.25, -0.2) is 0 Å².